The van der Waals surface area contributed by atoms with Crippen molar-refractivity contribution in [1.29, 1.82) is 0 Å². The van der Waals surface area contributed by atoms with Crippen molar-refractivity contribution in [1.82, 2.24) is 9.47 Å². The number of amides is 2. The average molecular weight is 538 g/mol. The Bertz CT molecular complexity index is 1410. The van der Waals surface area contributed by atoms with Gasteiger partial charge in [0.1, 0.15) is 0 Å². The third kappa shape index (κ3) is 4.64. The lowest BCUT2D eigenvalue weighted by Gasteiger charge is -2.12. The minimum Gasteiger partial charge on any atom is -0.342 e. The van der Waals surface area contributed by atoms with E-state index >= 15 is 0 Å². The number of aromatic nitrogens is 1. The number of fused-ring (bicyclic) bond motifs is 1. The zero-order valence-corrected chi connectivity index (χ0v) is 20.5. The van der Waals surface area contributed by atoms with E-state index in [1.54, 1.807) is 12.1 Å². The highest BCUT2D eigenvalue weighted by Crippen LogP contribution is 2.35. The van der Waals surface area contributed by atoms with Gasteiger partial charge in [-0.05, 0) is 59.3 Å². The van der Waals surface area contributed by atoms with E-state index in [1.165, 1.54) is 10.5 Å². The summed E-state index contributed by atoms with van der Waals surface area (Å²) in [5, 5.41) is 1.34. The molecule has 1 aromatic heterocycles. The van der Waals surface area contributed by atoms with Crippen molar-refractivity contribution in [3.63, 3.8) is 0 Å². The molecule has 7 heteroatoms. The van der Waals surface area contributed by atoms with Crippen LogP contribution in [0.25, 0.3) is 17.0 Å². The van der Waals surface area contributed by atoms with Crippen LogP contribution in [0.15, 0.2) is 88.4 Å². The Kier molecular flexibility index (Phi) is 6.15. The molecular formula is C26H18BrClN2O2S. The van der Waals surface area contributed by atoms with Crippen LogP contribution in [0.2, 0.25) is 5.02 Å². The molecule has 33 heavy (non-hydrogen) atoms. The second-order valence-electron chi connectivity index (χ2n) is 7.75. The molecule has 4 aromatic rings. The van der Waals surface area contributed by atoms with E-state index in [0.717, 1.165) is 38.3 Å². The Morgan fingerprint density at radius 3 is 2.48 bits per heavy atom. The number of para-hydroxylation sites is 1. The lowest BCUT2D eigenvalue weighted by Crippen LogP contribution is -2.27. The summed E-state index contributed by atoms with van der Waals surface area (Å²) in [5.74, 6) is -0.283. The van der Waals surface area contributed by atoms with E-state index in [2.05, 4.69) is 38.7 Å². The maximum absolute atomic E-state index is 13.0. The molecule has 0 bridgehead atoms. The molecule has 1 aliphatic heterocycles. The summed E-state index contributed by atoms with van der Waals surface area (Å²) in [5.41, 5.74) is 3.98. The molecule has 1 aliphatic rings. The summed E-state index contributed by atoms with van der Waals surface area (Å²) in [6.45, 7) is 0.909. The normalized spacial score (nSPS) is 15.2. The fraction of sp³-hybridized carbons (Fsp3) is 0.0769. The van der Waals surface area contributed by atoms with Crippen LogP contribution in [0, 0.1) is 0 Å². The Balaban J connectivity index is 1.45. The third-order valence-electron chi connectivity index (χ3n) is 5.48. The van der Waals surface area contributed by atoms with Crippen molar-refractivity contribution in [3.8, 4) is 0 Å². The summed E-state index contributed by atoms with van der Waals surface area (Å²) in [6.07, 6.45) is 3.86. The zero-order chi connectivity index (χ0) is 22.9. The minimum atomic E-state index is -0.283. The molecule has 4 nitrogen and oxygen atoms in total. The number of rotatable bonds is 5. The number of halogens is 2. The molecule has 1 saturated heterocycles. The van der Waals surface area contributed by atoms with Gasteiger partial charge in [0.25, 0.3) is 11.1 Å². The second-order valence-corrected chi connectivity index (χ2v) is 10.1. The molecule has 2 heterocycles. The van der Waals surface area contributed by atoms with Gasteiger partial charge in [0, 0.05) is 38.7 Å². The van der Waals surface area contributed by atoms with Gasteiger partial charge in [-0.3, -0.25) is 14.5 Å². The van der Waals surface area contributed by atoms with E-state index in [1.807, 2.05) is 54.7 Å². The van der Waals surface area contributed by atoms with Gasteiger partial charge < -0.3 is 4.57 Å². The summed E-state index contributed by atoms with van der Waals surface area (Å²) in [6, 6.07) is 23.5. The molecule has 0 unspecified atom stereocenters. The number of nitrogens with zero attached hydrogens (tertiary/aromatic N) is 2. The Morgan fingerprint density at radius 2 is 1.70 bits per heavy atom. The molecule has 0 atom stereocenters. The molecule has 1 fully saturated rings. The fourth-order valence-corrected chi connectivity index (χ4v) is 5.21. The molecular weight excluding hydrogens is 520 g/mol. The van der Waals surface area contributed by atoms with Crippen LogP contribution in [0.5, 0.6) is 0 Å². The highest BCUT2D eigenvalue weighted by atomic mass is 79.9. The van der Waals surface area contributed by atoms with Crippen molar-refractivity contribution in [2.75, 3.05) is 0 Å². The molecule has 0 saturated carbocycles. The molecule has 0 spiro atoms. The Hall–Kier alpha value is -2.80. The second kappa shape index (κ2) is 9.21. The van der Waals surface area contributed by atoms with Gasteiger partial charge in [-0.2, -0.15) is 0 Å². The fourth-order valence-electron chi connectivity index (χ4n) is 3.90. The smallest absolute Gasteiger partial charge is 0.293 e. The van der Waals surface area contributed by atoms with Crippen molar-refractivity contribution in [3.05, 3.63) is 110 Å². The van der Waals surface area contributed by atoms with Gasteiger partial charge >= 0.3 is 0 Å². The van der Waals surface area contributed by atoms with Crippen LogP contribution in [0.4, 0.5) is 4.79 Å². The van der Waals surface area contributed by atoms with Gasteiger partial charge in [-0.25, -0.2) is 0 Å². The predicted molar refractivity (Wildman–Crippen MR) is 138 cm³/mol. The summed E-state index contributed by atoms with van der Waals surface area (Å²) < 4.78 is 3.21. The first-order valence-corrected chi connectivity index (χ1v) is 12.3. The largest absolute Gasteiger partial charge is 0.342 e. The van der Waals surface area contributed by atoms with E-state index < -0.39 is 0 Å². The predicted octanol–water partition coefficient (Wildman–Crippen LogP) is 7.34. The van der Waals surface area contributed by atoms with E-state index in [9.17, 15) is 9.59 Å². The van der Waals surface area contributed by atoms with Crippen molar-refractivity contribution < 1.29 is 9.59 Å². The van der Waals surface area contributed by atoms with Crippen molar-refractivity contribution >= 4 is 67.4 Å². The van der Waals surface area contributed by atoms with Gasteiger partial charge in [-0.1, -0.05) is 70.0 Å². The van der Waals surface area contributed by atoms with Gasteiger partial charge in [0.05, 0.1) is 11.4 Å². The Labute approximate surface area is 209 Å². The van der Waals surface area contributed by atoms with E-state index in [0.29, 0.717) is 16.5 Å². The Morgan fingerprint density at radius 1 is 0.909 bits per heavy atom. The maximum Gasteiger partial charge on any atom is 0.293 e. The van der Waals surface area contributed by atoms with Crippen molar-refractivity contribution in [2.45, 2.75) is 13.1 Å². The van der Waals surface area contributed by atoms with Gasteiger partial charge in [-0.15, -0.1) is 0 Å². The first-order chi connectivity index (χ1) is 16.0. The molecule has 3 aromatic carbocycles. The van der Waals surface area contributed by atoms with E-state index in [-0.39, 0.29) is 17.7 Å². The molecule has 0 N–H and O–H groups in total. The summed E-state index contributed by atoms with van der Waals surface area (Å²) in [7, 11) is 0. The number of benzene rings is 3. The van der Waals surface area contributed by atoms with Crippen LogP contribution >= 0.6 is 39.3 Å². The van der Waals surface area contributed by atoms with Crippen LogP contribution in [-0.4, -0.2) is 20.6 Å². The highest BCUT2D eigenvalue weighted by molar-refractivity contribution is 9.10. The number of thioether (sulfide) groups is 1. The number of carbonyl (C=O) groups is 2. The SMILES string of the molecule is O=C1S/C(=C\c2cn(Cc3ccc(Br)cc3)c3ccccc23)C(=O)N1Cc1cccc(Cl)c1. The first kappa shape index (κ1) is 22.0. The third-order valence-corrected chi connectivity index (χ3v) is 7.15. The van der Waals surface area contributed by atoms with Crippen molar-refractivity contribution in [2.24, 2.45) is 0 Å². The van der Waals surface area contributed by atoms with Gasteiger partial charge in [0.2, 0.25) is 0 Å². The lowest BCUT2D eigenvalue weighted by molar-refractivity contribution is -0.123. The molecule has 164 valence electrons. The molecule has 0 aliphatic carbocycles. The number of hydrogen-bond acceptors (Lipinski definition) is 3. The van der Waals surface area contributed by atoms with Crippen LogP contribution in [0.3, 0.4) is 0 Å². The number of hydrogen-bond donors (Lipinski definition) is 0. The topological polar surface area (TPSA) is 42.3 Å². The summed E-state index contributed by atoms with van der Waals surface area (Å²) >= 11 is 10.5. The van der Waals surface area contributed by atoms with Gasteiger partial charge in [0.15, 0.2) is 0 Å². The molecule has 2 amide bonds. The zero-order valence-electron chi connectivity index (χ0n) is 17.4. The minimum absolute atomic E-state index is 0.202. The number of imide groups is 1. The summed E-state index contributed by atoms with van der Waals surface area (Å²) in [4.78, 5) is 27.3. The standard InChI is InChI=1S/C26H18BrClN2O2S/c27-20-10-8-17(9-11-20)14-29-16-19(22-6-1-2-7-23(22)29)13-24-25(31)30(26(32)33-24)15-18-4-3-5-21(28)12-18/h1-13,16H,14-15H2/b24-13-. The first-order valence-electron chi connectivity index (χ1n) is 10.3. The lowest BCUT2D eigenvalue weighted by atomic mass is 10.1. The number of carbonyl (C=O) groups excluding carboxylic acids is 2. The van der Waals surface area contributed by atoms with Crippen LogP contribution in [-0.2, 0) is 17.9 Å². The van der Waals surface area contributed by atoms with E-state index in [4.69, 9.17) is 11.6 Å². The van der Waals surface area contributed by atoms with Crippen LogP contribution < -0.4 is 0 Å². The molecule has 0 radical (unpaired) electrons. The van der Waals surface area contributed by atoms with Crippen LogP contribution in [0.1, 0.15) is 16.7 Å². The highest BCUT2D eigenvalue weighted by Gasteiger charge is 2.35. The maximum atomic E-state index is 13.0. The molecule has 5 rings (SSSR count). The monoisotopic (exact) mass is 536 g/mol. The average Bonchev–Trinajstić information content (AvgIpc) is 3.28. The quantitative estimate of drug-likeness (QED) is 0.250.